The van der Waals surface area contributed by atoms with Crippen molar-refractivity contribution in [3.63, 3.8) is 0 Å². The Balaban J connectivity index is 2.75. The van der Waals surface area contributed by atoms with Gasteiger partial charge < -0.3 is 0 Å². The molecule has 12 heavy (non-hydrogen) atoms. The van der Waals surface area contributed by atoms with Gasteiger partial charge in [0.15, 0.2) is 0 Å². The first kappa shape index (κ1) is 10.3. The van der Waals surface area contributed by atoms with Crippen LogP contribution in [0.1, 0.15) is 10.4 Å². The van der Waals surface area contributed by atoms with Gasteiger partial charge in [0.2, 0.25) is 0 Å². The second kappa shape index (κ2) is 5.06. The van der Waals surface area contributed by atoms with E-state index in [9.17, 15) is 4.79 Å². The van der Waals surface area contributed by atoms with Crippen molar-refractivity contribution in [2.45, 2.75) is 0 Å². The number of halogens is 1. The molecular weight excluding hydrogens is 372 g/mol. The molecule has 61 valence electrons. The van der Waals surface area contributed by atoms with Crippen molar-refractivity contribution in [2.24, 2.45) is 0 Å². The van der Waals surface area contributed by atoms with Crippen LogP contribution in [0.3, 0.4) is 0 Å². The Hall–Kier alpha value is 0.219. The van der Waals surface area contributed by atoms with Crippen LogP contribution in [0.2, 0.25) is 0 Å². The first-order valence-electron chi connectivity index (χ1n) is 3.42. The van der Waals surface area contributed by atoms with Crippen molar-refractivity contribution in [3.05, 3.63) is 33.4 Å². The summed E-state index contributed by atoms with van der Waals surface area (Å²) >= 11 is 3.54. The molecule has 1 rings (SSSR count). The van der Waals surface area contributed by atoms with Gasteiger partial charge in [-0.3, -0.25) is 0 Å². The van der Waals surface area contributed by atoms with E-state index in [2.05, 4.69) is 27.9 Å². The van der Waals surface area contributed by atoms with Gasteiger partial charge in [0, 0.05) is 0 Å². The summed E-state index contributed by atoms with van der Waals surface area (Å²) in [6.07, 6.45) is 0. The van der Waals surface area contributed by atoms with E-state index in [1.165, 1.54) is 22.5 Å². The van der Waals surface area contributed by atoms with Crippen molar-refractivity contribution in [2.75, 3.05) is 4.56 Å². The van der Waals surface area contributed by atoms with Crippen molar-refractivity contribution < 1.29 is 4.79 Å². The van der Waals surface area contributed by atoms with Crippen LogP contribution < -0.4 is 5.32 Å². The van der Waals surface area contributed by atoms with Crippen LogP contribution in [-0.2, 0) is 0 Å². The van der Waals surface area contributed by atoms with Crippen LogP contribution >= 0.6 is 22.6 Å². The molecule has 1 aromatic rings. The molecule has 0 atom stereocenters. The summed E-state index contributed by atoms with van der Waals surface area (Å²) in [5, 5.41) is 2.78. The fraction of sp³-hybridized carbons (Fsp3) is 0.125. The van der Waals surface area contributed by atoms with Gasteiger partial charge in [-0.05, 0) is 0 Å². The molecule has 4 heteroatoms. The molecule has 0 heterocycles. The molecule has 2 nitrogen and oxygen atoms in total. The fourth-order valence-electron chi connectivity index (χ4n) is 0.784. The number of nitrogens with one attached hydrogen (secondary N) is 1. The van der Waals surface area contributed by atoms with Crippen LogP contribution in [0.4, 0.5) is 0 Å². The van der Waals surface area contributed by atoms with E-state index < -0.39 is 0 Å². The Labute approximate surface area is 98.3 Å². The van der Waals surface area contributed by atoms with Gasteiger partial charge in [-0.2, -0.15) is 0 Å². The minimum absolute atomic E-state index is 0.0169. The van der Waals surface area contributed by atoms with Crippen molar-refractivity contribution in [1.29, 1.82) is 0 Å². The molecule has 1 N–H and O–H groups in total. The zero-order chi connectivity index (χ0) is 8.97. The normalized spacial score (nSPS) is 9.50. The molecule has 1 aromatic carbocycles. The summed E-state index contributed by atoms with van der Waals surface area (Å²) in [4.78, 5) is 11.3. The number of amides is 1. The summed E-state index contributed by atoms with van der Waals surface area (Å²) in [5.41, 5.74) is 0.734. The van der Waals surface area contributed by atoms with Gasteiger partial charge >= 0.3 is 99.1 Å². The summed E-state index contributed by atoms with van der Waals surface area (Å²) in [7, 11) is 0. The molecule has 0 spiro atoms. The number of hydrogen-bond acceptors (Lipinski definition) is 1. The molecule has 3 radical (unpaired) electrons. The van der Waals surface area contributed by atoms with Crippen molar-refractivity contribution in [3.8, 4) is 0 Å². The third kappa shape index (κ3) is 2.93. The molecule has 0 saturated carbocycles. The Morgan fingerprint density at radius 1 is 1.42 bits per heavy atom. The molecule has 1 amide bonds. The van der Waals surface area contributed by atoms with E-state index in [4.69, 9.17) is 0 Å². The molecule has 0 unspecified atom stereocenters. The molecule has 0 saturated heterocycles. The SMILES string of the molecule is O=C(N[CH2][Sn])c1ccc(I)cc1. The topological polar surface area (TPSA) is 29.1 Å². The van der Waals surface area contributed by atoms with E-state index in [1.54, 1.807) is 0 Å². The van der Waals surface area contributed by atoms with E-state index in [-0.39, 0.29) is 5.91 Å². The van der Waals surface area contributed by atoms with Crippen molar-refractivity contribution in [1.82, 2.24) is 5.32 Å². The number of carbonyl (C=O) groups is 1. The zero-order valence-electron chi connectivity index (χ0n) is 6.30. The van der Waals surface area contributed by atoms with E-state index >= 15 is 0 Å². The zero-order valence-corrected chi connectivity index (χ0v) is 11.3. The molecule has 0 aliphatic rings. The Kier molecular flexibility index (Phi) is 4.34. The summed E-state index contributed by atoms with van der Waals surface area (Å²) < 4.78 is 1.91. The first-order valence-corrected chi connectivity index (χ1v) is 6.52. The second-order valence-electron chi connectivity index (χ2n) is 2.19. The minimum atomic E-state index is 0.0169. The number of carbonyl (C=O) groups excluding carboxylic acids is 1. The summed E-state index contributed by atoms with van der Waals surface area (Å²) in [5.74, 6) is 0.0169. The Morgan fingerprint density at radius 3 is 2.50 bits per heavy atom. The third-order valence-electron chi connectivity index (χ3n) is 1.36. The summed E-state index contributed by atoms with van der Waals surface area (Å²) in [6.45, 7) is 0. The van der Waals surface area contributed by atoms with Crippen LogP contribution in [-0.4, -0.2) is 33.0 Å². The Bertz CT molecular complexity index is 273. The predicted octanol–water partition coefficient (Wildman–Crippen LogP) is 1.15. The van der Waals surface area contributed by atoms with Crippen LogP contribution in [0.25, 0.3) is 0 Å². The van der Waals surface area contributed by atoms with Gasteiger partial charge in [-0.1, -0.05) is 0 Å². The van der Waals surface area contributed by atoms with Gasteiger partial charge in [0.05, 0.1) is 0 Å². The molecular formula is C8H7INOSn. The average molecular weight is 379 g/mol. The Morgan fingerprint density at radius 2 is 2.00 bits per heavy atom. The molecule has 0 aromatic heterocycles. The number of benzene rings is 1. The fourth-order valence-corrected chi connectivity index (χ4v) is 1.60. The van der Waals surface area contributed by atoms with E-state index in [0.717, 1.165) is 13.7 Å². The predicted molar refractivity (Wildman–Crippen MR) is 57.2 cm³/mol. The number of rotatable bonds is 2. The maximum absolute atomic E-state index is 11.3. The van der Waals surface area contributed by atoms with E-state index in [1.807, 2.05) is 24.3 Å². The quantitative estimate of drug-likeness (QED) is 0.607. The van der Waals surface area contributed by atoms with Gasteiger partial charge in [-0.15, -0.1) is 0 Å². The average Bonchev–Trinajstić information content (AvgIpc) is 2.06. The molecule has 0 aliphatic heterocycles. The standard InChI is InChI=1S/C8H7INO.Sn/c1-10-8(11)6-2-4-7(9)5-3-6;/h2-5H,1H2,(H,10,11);. The number of hydrogen-bond donors (Lipinski definition) is 1. The monoisotopic (exact) mass is 380 g/mol. The molecule has 0 aliphatic carbocycles. The van der Waals surface area contributed by atoms with Crippen LogP contribution in [0.15, 0.2) is 24.3 Å². The molecule has 0 fully saturated rings. The van der Waals surface area contributed by atoms with Crippen LogP contribution in [0, 0.1) is 3.57 Å². The van der Waals surface area contributed by atoms with E-state index in [0.29, 0.717) is 0 Å². The van der Waals surface area contributed by atoms with Crippen molar-refractivity contribution >= 4 is 51.0 Å². The van der Waals surface area contributed by atoms with Gasteiger partial charge in [0.1, 0.15) is 0 Å². The van der Waals surface area contributed by atoms with Crippen LogP contribution in [0.5, 0.6) is 0 Å². The third-order valence-corrected chi connectivity index (χ3v) is 2.58. The second-order valence-corrected chi connectivity index (χ2v) is 4.44. The maximum atomic E-state index is 11.3. The first-order chi connectivity index (χ1) is 5.74. The summed E-state index contributed by atoms with van der Waals surface area (Å²) in [6, 6.07) is 7.53. The van der Waals surface area contributed by atoms with Gasteiger partial charge in [-0.25, -0.2) is 0 Å². The molecule has 0 bridgehead atoms. The van der Waals surface area contributed by atoms with Gasteiger partial charge in [0.25, 0.3) is 0 Å².